The summed E-state index contributed by atoms with van der Waals surface area (Å²) in [6.07, 6.45) is 0. The summed E-state index contributed by atoms with van der Waals surface area (Å²) in [7, 11) is 0. The van der Waals surface area contributed by atoms with Crippen molar-refractivity contribution in [1.82, 2.24) is 0 Å². The van der Waals surface area contributed by atoms with Crippen LogP contribution in [0, 0.1) is 23.1 Å². The lowest BCUT2D eigenvalue weighted by Crippen LogP contribution is -2.32. The van der Waals surface area contributed by atoms with Gasteiger partial charge in [0.05, 0.1) is 40.6 Å². The number of fused-ring (bicyclic) bond motifs is 3. The van der Waals surface area contributed by atoms with Crippen LogP contribution in [-0.2, 0) is 0 Å². The topological polar surface area (TPSA) is 48.6 Å². The zero-order valence-electron chi connectivity index (χ0n) is 15.2. The predicted octanol–water partition coefficient (Wildman–Crippen LogP) is 5.32. The van der Waals surface area contributed by atoms with E-state index < -0.39 is 0 Å². The molecule has 0 saturated carbocycles. The Labute approximate surface area is 172 Å². The summed E-state index contributed by atoms with van der Waals surface area (Å²) in [5, 5.41) is 16.4. The first-order valence-electron chi connectivity index (χ1n) is 9.21. The van der Waals surface area contributed by atoms with Crippen molar-refractivity contribution >= 4 is 23.0 Å². The number of halogens is 2. The van der Waals surface area contributed by atoms with Gasteiger partial charge in [-0.3, -0.25) is 5.01 Å². The van der Waals surface area contributed by atoms with Crippen molar-refractivity contribution in [2.24, 2.45) is 11.0 Å². The van der Waals surface area contributed by atoms with Gasteiger partial charge in [-0.15, -0.1) is 0 Å². The molecule has 2 aliphatic heterocycles. The Morgan fingerprint density at radius 1 is 1.10 bits per heavy atom. The molecule has 142 valence electrons. The van der Waals surface area contributed by atoms with Gasteiger partial charge < -0.3 is 4.74 Å². The van der Waals surface area contributed by atoms with Crippen molar-refractivity contribution < 1.29 is 9.13 Å². The molecule has 0 unspecified atom stereocenters. The van der Waals surface area contributed by atoms with Gasteiger partial charge in [-0.25, -0.2) is 4.39 Å². The molecule has 5 rings (SSSR count). The van der Waals surface area contributed by atoms with Crippen molar-refractivity contribution in [1.29, 1.82) is 5.26 Å². The van der Waals surface area contributed by atoms with Crippen LogP contribution >= 0.6 is 11.6 Å². The van der Waals surface area contributed by atoms with Crippen LogP contribution < -0.4 is 9.75 Å². The molecule has 0 fully saturated rings. The molecular formula is C23H15ClFN3O. The highest BCUT2D eigenvalue weighted by molar-refractivity contribution is 6.32. The number of hydrogen-bond donors (Lipinski definition) is 0. The number of nitriles is 1. The van der Waals surface area contributed by atoms with Crippen molar-refractivity contribution in [3.8, 4) is 11.8 Å². The van der Waals surface area contributed by atoms with Gasteiger partial charge in [0.15, 0.2) is 0 Å². The van der Waals surface area contributed by atoms with E-state index >= 15 is 0 Å². The fourth-order valence-electron chi connectivity index (χ4n) is 3.97. The smallest absolute Gasteiger partial charge is 0.128 e. The van der Waals surface area contributed by atoms with Crippen molar-refractivity contribution in [3.63, 3.8) is 0 Å². The number of ether oxygens (including phenoxy) is 1. The molecule has 0 aromatic heterocycles. The minimum absolute atomic E-state index is 0.0234. The molecule has 2 atom stereocenters. The average Bonchev–Trinajstić information content (AvgIpc) is 3.14. The molecule has 0 saturated heterocycles. The Hall–Kier alpha value is -3.36. The van der Waals surface area contributed by atoms with Crippen LogP contribution in [-0.4, -0.2) is 12.3 Å². The lowest BCUT2D eigenvalue weighted by Gasteiger charge is -2.30. The molecule has 3 aromatic rings. The van der Waals surface area contributed by atoms with Crippen LogP contribution in [0.1, 0.15) is 22.7 Å². The monoisotopic (exact) mass is 403 g/mol. The van der Waals surface area contributed by atoms with E-state index in [-0.39, 0.29) is 17.8 Å². The lowest BCUT2D eigenvalue weighted by atomic mass is 9.85. The first kappa shape index (κ1) is 17.7. The molecule has 0 spiro atoms. The standard InChI is InChI=1S/C23H15ClFN3O/c24-20-11-17(10-7-15(20)12-26)28-23(14-5-8-16(25)9-6-14)19-13-29-21-4-2-1-3-18(21)22(19)27-28/h1-11,19,23H,13H2/t19-,23-/m0/s1. The highest BCUT2D eigenvalue weighted by Crippen LogP contribution is 2.45. The second-order valence-electron chi connectivity index (χ2n) is 7.02. The second kappa shape index (κ2) is 6.91. The molecule has 2 heterocycles. The lowest BCUT2D eigenvalue weighted by molar-refractivity contribution is 0.260. The maximum absolute atomic E-state index is 13.5. The third-order valence-electron chi connectivity index (χ3n) is 5.34. The first-order valence-corrected chi connectivity index (χ1v) is 9.58. The molecule has 0 bridgehead atoms. The summed E-state index contributed by atoms with van der Waals surface area (Å²) in [4.78, 5) is 0. The number of hydrogen-bond acceptors (Lipinski definition) is 4. The van der Waals surface area contributed by atoms with Crippen LogP contribution in [0.15, 0.2) is 71.8 Å². The van der Waals surface area contributed by atoms with E-state index in [1.54, 1.807) is 24.3 Å². The van der Waals surface area contributed by atoms with Crippen LogP contribution in [0.25, 0.3) is 0 Å². The molecular weight excluding hydrogens is 389 g/mol. The quantitative estimate of drug-likeness (QED) is 0.581. The van der Waals surface area contributed by atoms with Crippen molar-refractivity contribution in [3.05, 3.63) is 94.3 Å². The average molecular weight is 404 g/mol. The third kappa shape index (κ3) is 2.93. The van der Waals surface area contributed by atoms with Gasteiger partial charge in [0.2, 0.25) is 0 Å². The van der Waals surface area contributed by atoms with Crippen LogP contribution in [0.2, 0.25) is 5.02 Å². The summed E-state index contributed by atoms with van der Waals surface area (Å²) in [5.74, 6) is 0.496. The largest absolute Gasteiger partial charge is 0.492 e. The Morgan fingerprint density at radius 2 is 1.90 bits per heavy atom. The van der Waals surface area contributed by atoms with E-state index in [0.29, 0.717) is 17.2 Å². The SMILES string of the molecule is N#Cc1ccc(N2N=C3c4ccccc4OC[C@@H]3[C@@H]2c2ccc(F)cc2)cc1Cl. The number of rotatable bonds is 2. The first-order chi connectivity index (χ1) is 14.2. The van der Waals surface area contributed by atoms with Gasteiger partial charge in [0, 0.05) is 5.56 Å². The molecule has 0 aliphatic carbocycles. The van der Waals surface area contributed by atoms with Crippen molar-refractivity contribution in [2.75, 3.05) is 11.6 Å². The highest BCUT2D eigenvalue weighted by atomic mass is 35.5. The van der Waals surface area contributed by atoms with Gasteiger partial charge in [-0.05, 0) is 48.0 Å². The second-order valence-corrected chi connectivity index (χ2v) is 7.42. The fourth-order valence-corrected chi connectivity index (χ4v) is 4.19. The van der Waals surface area contributed by atoms with E-state index in [2.05, 4.69) is 6.07 Å². The van der Waals surface area contributed by atoms with Crippen LogP contribution in [0.3, 0.4) is 0 Å². The fraction of sp³-hybridized carbons (Fsp3) is 0.130. The van der Waals surface area contributed by atoms with E-state index in [9.17, 15) is 9.65 Å². The molecule has 0 N–H and O–H groups in total. The molecule has 0 amide bonds. The third-order valence-corrected chi connectivity index (χ3v) is 5.65. The predicted molar refractivity (Wildman–Crippen MR) is 110 cm³/mol. The number of nitrogens with zero attached hydrogens (tertiary/aromatic N) is 3. The van der Waals surface area contributed by atoms with Gasteiger partial charge in [-0.1, -0.05) is 35.9 Å². The van der Waals surface area contributed by atoms with Crippen LogP contribution in [0.4, 0.5) is 10.1 Å². The Morgan fingerprint density at radius 3 is 2.66 bits per heavy atom. The van der Waals surface area contributed by atoms with Crippen molar-refractivity contribution in [2.45, 2.75) is 6.04 Å². The van der Waals surface area contributed by atoms with Gasteiger partial charge in [-0.2, -0.15) is 10.4 Å². The summed E-state index contributed by atoms with van der Waals surface area (Å²) >= 11 is 6.28. The van der Waals surface area contributed by atoms with E-state index in [1.165, 1.54) is 12.1 Å². The highest BCUT2D eigenvalue weighted by Gasteiger charge is 2.43. The summed E-state index contributed by atoms with van der Waals surface area (Å²) in [5.41, 5.74) is 3.99. The van der Waals surface area contributed by atoms with E-state index in [1.807, 2.05) is 35.3 Å². The maximum atomic E-state index is 13.5. The molecule has 0 radical (unpaired) electrons. The minimum atomic E-state index is -0.286. The molecule has 2 aliphatic rings. The molecule has 4 nitrogen and oxygen atoms in total. The van der Waals surface area contributed by atoms with Gasteiger partial charge in [0.1, 0.15) is 17.6 Å². The summed E-state index contributed by atoms with van der Waals surface area (Å²) in [6.45, 7) is 0.471. The zero-order valence-corrected chi connectivity index (χ0v) is 16.0. The zero-order chi connectivity index (χ0) is 20.0. The van der Waals surface area contributed by atoms with Gasteiger partial charge >= 0.3 is 0 Å². The summed E-state index contributed by atoms with van der Waals surface area (Å²) < 4.78 is 19.6. The Kier molecular flexibility index (Phi) is 4.22. The minimum Gasteiger partial charge on any atom is -0.492 e. The Balaban J connectivity index is 1.65. The maximum Gasteiger partial charge on any atom is 0.128 e. The van der Waals surface area contributed by atoms with Gasteiger partial charge in [0.25, 0.3) is 0 Å². The normalized spacial score (nSPS) is 19.6. The summed E-state index contributed by atoms with van der Waals surface area (Å²) in [6, 6.07) is 21.4. The molecule has 3 aromatic carbocycles. The number of hydrazone groups is 1. The Bertz CT molecular complexity index is 1170. The molecule has 6 heteroatoms. The number of benzene rings is 3. The number of para-hydroxylation sites is 1. The number of anilines is 1. The van der Waals surface area contributed by atoms with E-state index in [0.717, 1.165) is 28.3 Å². The molecule has 29 heavy (non-hydrogen) atoms. The van der Waals surface area contributed by atoms with Crippen LogP contribution in [0.5, 0.6) is 5.75 Å². The van der Waals surface area contributed by atoms with E-state index in [4.69, 9.17) is 21.4 Å².